The summed E-state index contributed by atoms with van der Waals surface area (Å²) in [6, 6.07) is 18.2. The van der Waals surface area contributed by atoms with Crippen LogP contribution in [0.15, 0.2) is 65.6 Å². The number of aromatic amines is 1. The number of rotatable bonds is 3. The summed E-state index contributed by atoms with van der Waals surface area (Å²) in [6.07, 6.45) is 0. The molecule has 5 rings (SSSR count). The molecule has 2 amide bonds. The fraction of sp³-hybridized carbons (Fsp3) is 0.0455. The van der Waals surface area contributed by atoms with E-state index in [1.165, 1.54) is 11.8 Å². The molecule has 2 heterocycles. The van der Waals surface area contributed by atoms with Gasteiger partial charge < -0.3 is 15.6 Å². The van der Waals surface area contributed by atoms with Crippen molar-refractivity contribution in [2.75, 3.05) is 16.4 Å². The summed E-state index contributed by atoms with van der Waals surface area (Å²) in [5, 5.41) is 6.31. The molecule has 0 fully saturated rings. The van der Waals surface area contributed by atoms with E-state index in [-0.39, 0.29) is 11.8 Å². The van der Waals surface area contributed by atoms with Crippen LogP contribution in [-0.4, -0.2) is 27.5 Å². The molecule has 30 heavy (non-hydrogen) atoms. The highest BCUT2D eigenvalue weighted by Gasteiger charge is 2.17. The van der Waals surface area contributed by atoms with Gasteiger partial charge >= 0.3 is 0 Å². The van der Waals surface area contributed by atoms with Gasteiger partial charge in [0.2, 0.25) is 5.91 Å². The topological polar surface area (TPSA) is 86.9 Å². The minimum atomic E-state index is -0.257. The lowest BCUT2D eigenvalue weighted by Crippen LogP contribution is -2.19. The summed E-state index contributed by atoms with van der Waals surface area (Å²) in [5.41, 5.74) is 4.15. The average molecular weight is 435 g/mol. The Morgan fingerprint density at radius 3 is 2.83 bits per heavy atom. The summed E-state index contributed by atoms with van der Waals surface area (Å²) >= 11 is 7.73. The van der Waals surface area contributed by atoms with Crippen molar-refractivity contribution in [2.24, 2.45) is 0 Å². The van der Waals surface area contributed by atoms with Gasteiger partial charge in [0.1, 0.15) is 5.82 Å². The van der Waals surface area contributed by atoms with Crippen molar-refractivity contribution in [1.82, 2.24) is 9.97 Å². The summed E-state index contributed by atoms with van der Waals surface area (Å²) in [7, 11) is 0. The van der Waals surface area contributed by atoms with Gasteiger partial charge in [-0.15, -0.1) is 11.8 Å². The normalized spacial score (nSPS) is 13.0. The molecule has 3 aromatic carbocycles. The number of H-pyrrole nitrogens is 1. The van der Waals surface area contributed by atoms with Crippen LogP contribution in [-0.2, 0) is 4.79 Å². The van der Waals surface area contributed by atoms with Gasteiger partial charge in [0.05, 0.1) is 27.5 Å². The molecule has 8 heteroatoms. The van der Waals surface area contributed by atoms with Crippen LogP contribution < -0.4 is 10.6 Å². The number of halogens is 1. The van der Waals surface area contributed by atoms with Gasteiger partial charge in [0.15, 0.2) is 0 Å². The lowest BCUT2D eigenvalue weighted by Gasteiger charge is -2.17. The number of anilines is 2. The van der Waals surface area contributed by atoms with E-state index in [9.17, 15) is 9.59 Å². The molecule has 6 nitrogen and oxygen atoms in total. The van der Waals surface area contributed by atoms with Crippen LogP contribution in [0.1, 0.15) is 10.4 Å². The maximum Gasteiger partial charge on any atom is 0.255 e. The van der Waals surface area contributed by atoms with Gasteiger partial charge in [0, 0.05) is 21.7 Å². The number of thioether (sulfide) groups is 1. The zero-order chi connectivity index (χ0) is 20.7. The Bertz CT molecular complexity index is 1320. The molecule has 1 aliphatic rings. The van der Waals surface area contributed by atoms with Crippen molar-refractivity contribution in [3.05, 3.63) is 71.2 Å². The van der Waals surface area contributed by atoms with Crippen LogP contribution in [0.25, 0.3) is 22.4 Å². The SMILES string of the molecule is O=C1CSc2ccc(C(=O)Nc3ccc4nc(-c5ccccc5Cl)[nH]c4c3)cc2N1. The third-order valence-electron chi connectivity index (χ3n) is 4.74. The molecule has 0 bridgehead atoms. The lowest BCUT2D eigenvalue weighted by atomic mass is 10.1. The van der Waals surface area contributed by atoms with Crippen molar-refractivity contribution in [1.29, 1.82) is 0 Å². The number of amides is 2. The predicted octanol–water partition coefficient (Wildman–Crippen LogP) is 5.18. The van der Waals surface area contributed by atoms with Crippen molar-refractivity contribution >= 4 is 57.6 Å². The van der Waals surface area contributed by atoms with Crippen LogP contribution in [0.4, 0.5) is 11.4 Å². The van der Waals surface area contributed by atoms with Crippen LogP contribution in [0, 0.1) is 0 Å². The molecule has 0 spiro atoms. The molecule has 0 atom stereocenters. The van der Waals surface area contributed by atoms with E-state index in [0.29, 0.717) is 33.5 Å². The van der Waals surface area contributed by atoms with Crippen LogP contribution in [0.5, 0.6) is 0 Å². The van der Waals surface area contributed by atoms with Crippen molar-refractivity contribution < 1.29 is 9.59 Å². The van der Waals surface area contributed by atoms with Gasteiger partial charge in [0.25, 0.3) is 5.91 Å². The van der Waals surface area contributed by atoms with Gasteiger partial charge in [-0.2, -0.15) is 0 Å². The Hall–Kier alpha value is -3.29. The number of nitrogens with zero attached hydrogens (tertiary/aromatic N) is 1. The highest BCUT2D eigenvalue weighted by atomic mass is 35.5. The number of benzene rings is 3. The van der Waals surface area contributed by atoms with Gasteiger partial charge in [-0.25, -0.2) is 4.98 Å². The molecule has 1 aromatic heterocycles. The maximum atomic E-state index is 12.7. The molecular formula is C22H15ClN4O2S. The Balaban J connectivity index is 1.40. The minimum absolute atomic E-state index is 0.0657. The highest BCUT2D eigenvalue weighted by molar-refractivity contribution is 8.00. The lowest BCUT2D eigenvalue weighted by molar-refractivity contribution is -0.113. The Morgan fingerprint density at radius 1 is 1.10 bits per heavy atom. The van der Waals surface area contributed by atoms with Gasteiger partial charge in [-0.05, 0) is 48.5 Å². The smallest absolute Gasteiger partial charge is 0.255 e. The standard InChI is InChI=1S/C22H15ClN4O2S/c23-15-4-2-1-3-14(15)21-26-16-7-6-13(10-17(16)27-21)24-22(29)12-5-8-19-18(9-12)25-20(28)11-30-19/h1-10H,11H2,(H,24,29)(H,25,28)(H,26,27). The third kappa shape index (κ3) is 3.53. The van der Waals surface area contributed by atoms with Crippen LogP contribution >= 0.6 is 23.4 Å². The van der Waals surface area contributed by atoms with E-state index in [1.54, 1.807) is 18.2 Å². The molecule has 0 saturated carbocycles. The fourth-order valence-electron chi connectivity index (χ4n) is 3.30. The molecule has 1 aliphatic heterocycles. The number of hydrogen-bond acceptors (Lipinski definition) is 4. The monoisotopic (exact) mass is 434 g/mol. The van der Waals surface area contributed by atoms with E-state index in [1.807, 2.05) is 42.5 Å². The van der Waals surface area contributed by atoms with E-state index in [0.717, 1.165) is 21.5 Å². The molecule has 148 valence electrons. The molecule has 0 saturated heterocycles. The molecule has 0 radical (unpaired) electrons. The minimum Gasteiger partial charge on any atom is -0.338 e. The average Bonchev–Trinajstić information content (AvgIpc) is 3.16. The number of nitrogens with one attached hydrogen (secondary N) is 3. The summed E-state index contributed by atoms with van der Waals surface area (Å²) < 4.78 is 0. The van der Waals surface area contributed by atoms with Crippen LogP contribution in [0.2, 0.25) is 5.02 Å². The Labute approximate surface area is 181 Å². The molecular weight excluding hydrogens is 420 g/mol. The molecule has 4 aromatic rings. The van der Waals surface area contributed by atoms with Crippen molar-refractivity contribution in [2.45, 2.75) is 4.90 Å². The quantitative estimate of drug-likeness (QED) is 0.414. The Morgan fingerprint density at radius 2 is 1.97 bits per heavy atom. The van der Waals surface area contributed by atoms with Crippen molar-refractivity contribution in [3.63, 3.8) is 0 Å². The second-order valence-corrected chi connectivity index (χ2v) is 8.22. The van der Waals surface area contributed by atoms with E-state index in [4.69, 9.17) is 11.6 Å². The number of carbonyl (C=O) groups excluding carboxylic acids is 2. The second-order valence-electron chi connectivity index (χ2n) is 6.80. The molecule has 0 unspecified atom stereocenters. The van der Waals surface area contributed by atoms with Crippen molar-refractivity contribution in [3.8, 4) is 11.4 Å². The fourth-order valence-corrected chi connectivity index (χ4v) is 4.31. The summed E-state index contributed by atoms with van der Waals surface area (Å²) in [5.74, 6) is 0.734. The number of aromatic nitrogens is 2. The Kier molecular flexibility index (Phi) is 4.69. The first-order chi connectivity index (χ1) is 14.6. The first-order valence-corrected chi connectivity index (χ1v) is 10.6. The van der Waals surface area contributed by atoms with Gasteiger partial charge in [-0.1, -0.05) is 23.7 Å². The largest absolute Gasteiger partial charge is 0.338 e. The second kappa shape index (κ2) is 7.51. The first kappa shape index (κ1) is 18.7. The van der Waals surface area contributed by atoms with Crippen LogP contribution in [0.3, 0.4) is 0 Å². The van der Waals surface area contributed by atoms with Gasteiger partial charge in [-0.3, -0.25) is 9.59 Å². The zero-order valence-electron chi connectivity index (χ0n) is 15.5. The number of carbonyl (C=O) groups is 2. The predicted molar refractivity (Wildman–Crippen MR) is 120 cm³/mol. The van der Waals surface area contributed by atoms with E-state index in [2.05, 4.69) is 20.6 Å². The number of hydrogen-bond donors (Lipinski definition) is 3. The summed E-state index contributed by atoms with van der Waals surface area (Å²) in [4.78, 5) is 33.1. The van der Waals surface area contributed by atoms with E-state index < -0.39 is 0 Å². The highest BCUT2D eigenvalue weighted by Crippen LogP contribution is 2.32. The van der Waals surface area contributed by atoms with E-state index >= 15 is 0 Å². The summed E-state index contributed by atoms with van der Waals surface area (Å²) in [6.45, 7) is 0. The third-order valence-corrected chi connectivity index (χ3v) is 6.15. The number of fused-ring (bicyclic) bond motifs is 2. The maximum absolute atomic E-state index is 12.7. The molecule has 0 aliphatic carbocycles. The first-order valence-electron chi connectivity index (χ1n) is 9.19. The number of imidazole rings is 1. The molecule has 3 N–H and O–H groups in total. The zero-order valence-corrected chi connectivity index (χ0v) is 17.1.